The fourth-order valence-electron chi connectivity index (χ4n) is 3.52. The second kappa shape index (κ2) is 9.91. The zero-order valence-corrected chi connectivity index (χ0v) is 17.7. The SMILES string of the molecule is O=C(COC(=O)CCCOc1ccccc1)Nc1ccc2c(c1)C(=O)c1ccccc1C2=O. The molecule has 0 radical (unpaired) electrons. The molecule has 1 N–H and O–H groups in total. The number of ketones is 2. The van der Waals surface area contributed by atoms with Gasteiger partial charge in [0.15, 0.2) is 18.2 Å². The van der Waals surface area contributed by atoms with Gasteiger partial charge in [-0.05, 0) is 36.8 Å². The number of ether oxygens (including phenoxy) is 2. The second-order valence-electron chi connectivity index (χ2n) is 7.44. The molecular weight excluding hydrogens is 422 g/mol. The number of anilines is 1. The van der Waals surface area contributed by atoms with Gasteiger partial charge in [-0.2, -0.15) is 0 Å². The summed E-state index contributed by atoms with van der Waals surface area (Å²) in [7, 11) is 0. The van der Waals surface area contributed by atoms with Gasteiger partial charge in [0.25, 0.3) is 5.91 Å². The molecule has 3 aromatic rings. The molecule has 0 aromatic heterocycles. The van der Waals surface area contributed by atoms with Gasteiger partial charge in [0.1, 0.15) is 5.75 Å². The van der Waals surface area contributed by atoms with Crippen LogP contribution in [0.3, 0.4) is 0 Å². The largest absolute Gasteiger partial charge is 0.494 e. The van der Waals surface area contributed by atoms with Crippen LogP contribution in [-0.4, -0.2) is 36.7 Å². The normalized spacial score (nSPS) is 11.9. The minimum absolute atomic E-state index is 0.120. The quantitative estimate of drug-likeness (QED) is 0.329. The Hall–Kier alpha value is -4.26. The fraction of sp³-hybridized carbons (Fsp3) is 0.154. The summed E-state index contributed by atoms with van der Waals surface area (Å²) in [5, 5.41) is 2.59. The number of carbonyl (C=O) groups excluding carboxylic acids is 4. The number of hydrogen-bond donors (Lipinski definition) is 1. The number of benzene rings is 3. The first-order valence-corrected chi connectivity index (χ1v) is 10.5. The smallest absolute Gasteiger partial charge is 0.306 e. The topological polar surface area (TPSA) is 98.8 Å². The minimum atomic E-state index is -0.543. The monoisotopic (exact) mass is 443 g/mol. The van der Waals surface area contributed by atoms with E-state index in [1.54, 1.807) is 30.3 Å². The number of amides is 1. The van der Waals surface area contributed by atoms with Gasteiger partial charge in [0, 0.05) is 34.4 Å². The Labute approximate surface area is 190 Å². The zero-order valence-electron chi connectivity index (χ0n) is 17.7. The number of nitrogens with one attached hydrogen (secondary N) is 1. The van der Waals surface area contributed by atoms with E-state index in [0.29, 0.717) is 35.4 Å². The fourth-order valence-corrected chi connectivity index (χ4v) is 3.52. The molecule has 1 aliphatic carbocycles. The van der Waals surface area contributed by atoms with Crippen molar-refractivity contribution < 1.29 is 28.7 Å². The second-order valence-corrected chi connectivity index (χ2v) is 7.44. The van der Waals surface area contributed by atoms with E-state index in [2.05, 4.69) is 5.32 Å². The molecule has 0 aliphatic heterocycles. The predicted octanol–water partition coefficient (Wildman–Crippen LogP) is 3.80. The van der Waals surface area contributed by atoms with E-state index >= 15 is 0 Å². The van der Waals surface area contributed by atoms with Gasteiger partial charge >= 0.3 is 5.97 Å². The third-order valence-corrected chi connectivity index (χ3v) is 5.11. The van der Waals surface area contributed by atoms with E-state index in [4.69, 9.17) is 9.47 Å². The third kappa shape index (κ3) is 5.15. The first kappa shape index (κ1) is 22.0. The summed E-state index contributed by atoms with van der Waals surface area (Å²) in [5.74, 6) is -0.842. The number of fused-ring (bicyclic) bond motifs is 2. The molecule has 0 fully saturated rings. The van der Waals surface area contributed by atoms with Gasteiger partial charge in [0.05, 0.1) is 6.61 Å². The zero-order chi connectivity index (χ0) is 23.2. The van der Waals surface area contributed by atoms with Crippen LogP contribution < -0.4 is 10.1 Å². The van der Waals surface area contributed by atoms with Crippen LogP contribution in [0.15, 0.2) is 72.8 Å². The highest BCUT2D eigenvalue weighted by atomic mass is 16.5. The van der Waals surface area contributed by atoms with Crippen molar-refractivity contribution >= 4 is 29.1 Å². The molecule has 0 unspecified atom stereocenters. The molecule has 3 aromatic carbocycles. The van der Waals surface area contributed by atoms with Crippen molar-refractivity contribution in [3.63, 3.8) is 0 Å². The highest BCUT2D eigenvalue weighted by Gasteiger charge is 2.29. The van der Waals surface area contributed by atoms with Crippen molar-refractivity contribution in [2.45, 2.75) is 12.8 Å². The lowest BCUT2D eigenvalue weighted by atomic mass is 9.84. The molecule has 1 aliphatic rings. The summed E-state index contributed by atoms with van der Waals surface area (Å²) < 4.78 is 10.5. The summed E-state index contributed by atoms with van der Waals surface area (Å²) in [6, 6.07) is 20.4. The molecule has 4 rings (SSSR count). The minimum Gasteiger partial charge on any atom is -0.494 e. The van der Waals surface area contributed by atoms with Crippen molar-refractivity contribution in [2.75, 3.05) is 18.5 Å². The molecule has 0 spiro atoms. The summed E-state index contributed by atoms with van der Waals surface area (Å²) >= 11 is 0. The van der Waals surface area contributed by atoms with Crippen LogP contribution >= 0.6 is 0 Å². The summed E-state index contributed by atoms with van der Waals surface area (Å²) in [6.45, 7) is -0.0958. The maximum atomic E-state index is 12.8. The lowest BCUT2D eigenvalue weighted by Crippen LogP contribution is -2.23. The molecular formula is C26H21NO6. The van der Waals surface area contributed by atoms with Gasteiger partial charge in [-0.1, -0.05) is 42.5 Å². The predicted molar refractivity (Wildman–Crippen MR) is 121 cm³/mol. The molecule has 0 heterocycles. The summed E-state index contributed by atoms with van der Waals surface area (Å²) in [5.41, 5.74) is 1.57. The first-order chi connectivity index (χ1) is 16.0. The Morgan fingerprint density at radius 1 is 0.758 bits per heavy atom. The Morgan fingerprint density at radius 2 is 1.39 bits per heavy atom. The molecule has 0 atom stereocenters. The van der Waals surface area contributed by atoms with E-state index in [1.165, 1.54) is 12.1 Å². The number of hydrogen-bond acceptors (Lipinski definition) is 6. The third-order valence-electron chi connectivity index (χ3n) is 5.11. The van der Waals surface area contributed by atoms with E-state index in [-0.39, 0.29) is 23.6 Å². The van der Waals surface area contributed by atoms with E-state index in [0.717, 1.165) is 5.75 Å². The number of esters is 1. The van der Waals surface area contributed by atoms with Gasteiger partial charge < -0.3 is 14.8 Å². The van der Waals surface area contributed by atoms with Crippen LogP contribution in [0.25, 0.3) is 0 Å². The Kier molecular flexibility index (Phi) is 6.59. The van der Waals surface area contributed by atoms with Crippen LogP contribution in [-0.2, 0) is 14.3 Å². The van der Waals surface area contributed by atoms with Crippen LogP contribution in [0.2, 0.25) is 0 Å². The lowest BCUT2D eigenvalue weighted by Gasteiger charge is -2.18. The molecule has 1 amide bonds. The molecule has 7 nitrogen and oxygen atoms in total. The molecule has 33 heavy (non-hydrogen) atoms. The van der Waals surface area contributed by atoms with Crippen LogP contribution in [0.4, 0.5) is 5.69 Å². The highest BCUT2D eigenvalue weighted by molar-refractivity contribution is 6.28. The van der Waals surface area contributed by atoms with E-state index in [9.17, 15) is 19.2 Å². The van der Waals surface area contributed by atoms with Crippen LogP contribution in [0, 0.1) is 0 Å². The average molecular weight is 443 g/mol. The van der Waals surface area contributed by atoms with Crippen molar-refractivity contribution in [3.05, 3.63) is 95.1 Å². The van der Waals surface area contributed by atoms with Gasteiger partial charge in [-0.15, -0.1) is 0 Å². The van der Waals surface area contributed by atoms with Crippen molar-refractivity contribution in [3.8, 4) is 5.75 Å². The Bertz CT molecular complexity index is 1220. The van der Waals surface area contributed by atoms with Gasteiger partial charge in [-0.3, -0.25) is 19.2 Å². The molecule has 166 valence electrons. The van der Waals surface area contributed by atoms with Crippen molar-refractivity contribution in [1.29, 1.82) is 0 Å². The summed E-state index contributed by atoms with van der Waals surface area (Å²) in [4.78, 5) is 49.5. The highest BCUT2D eigenvalue weighted by Crippen LogP contribution is 2.29. The summed E-state index contributed by atoms with van der Waals surface area (Å²) in [6.07, 6.45) is 0.576. The lowest BCUT2D eigenvalue weighted by molar-refractivity contribution is -0.147. The Balaban J connectivity index is 1.26. The molecule has 7 heteroatoms. The van der Waals surface area contributed by atoms with Gasteiger partial charge in [-0.25, -0.2) is 0 Å². The number of para-hydroxylation sites is 1. The maximum absolute atomic E-state index is 12.8. The van der Waals surface area contributed by atoms with Crippen molar-refractivity contribution in [2.24, 2.45) is 0 Å². The first-order valence-electron chi connectivity index (χ1n) is 10.5. The maximum Gasteiger partial charge on any atom is 0.306 e. The number of carbonyl (C=O) groups is 4. The standard InChI is InChI=1S/C26H21NO6/c28-23(16-33-24(29)11-6-14-32-18-7-2-1-3-8-18)27-17-12-13-21-22(15-17)26(31)20-10-5-4-9-19(20)25(21)30/h1-5,7-10,12-13,15H,6,11,14,16H2,(H,27,28). The van der Waals surface area contributed by atoms with Crippen LogP contribution in [0.5, 0.6) is 5.75 Å². The van der Waals surface area contributed by atoms with Crippen LogP contribution in [0.1, 0.15) is 44.7 Å². The molecule has 0 saturated carbocycles. The number of rotatable bonds is 8. The average Bonchev–Trinajstić information content (AvgIpc) is 2.84. The van der Waals surface area contributed by atoms with E-state index in [1.807, 2.05) is 30.3 Å². The molecule has 0 bridgehead atoms. The Morgan fingerprint density at radius 3 is 2.12 bits per heavy atom. The van der Waals surface area contributed by atoms with Crippen molar-refractivity contribution in [1.82, 2.24) is 0 Å². The molecule has 0 saturated heterocycles. The van der Waals surface area contributed by atoms with E-state index < -0.39 is 18.5 Å². The van der Waals surface area contributed by atoms with Gasteiger partial charge in [0.2, 0.25) is 0 Å².